The molecule has 1 aliphatic rings. The minimum atomic E-state index is -0.809. The number of ether oxygens (including phenoxy) is 1. The number of H-pyrrole nitrogens is 1. The normalized spacial score (nSPS) is 16.6. The first-order valence-corrected chi connectivity index (χ1v) is 12.2. The summed E-state index contributed by atoms with van der Waals surface area (Å²) in [7, 11) is 0. The molecule has 2 aromatic rings. The molecule has 196 valence electrons. The van der Waals surface area contributed by atoms with Gasteiger partial charge in [0, 0.05) is 42.8 Å². The Balaban J connectivity index is 1.65. The fourth-order valence-electron chi connectivity index (χ4n) is 4.04. The zero-order valence-electron chi connectivity index (χ0n) is 21.1. The van der Waals surface area contributed by atoms with E-state index in [1.807, 2.05) is 20.8 Å². The van der Waals surface area contributed by atoms with Crippen LogP contribution in [0, 0.1) is 17.6 Å². The van der Waals surface area contributed by atoms with Crippen LogP contribution in [0.3, 0.4) is 0 Å². The van der Waals surface area contributed by atoms with Gasteiger partial charge in [0.1, 0.15) is 23.5 Å². The molecule has 0 radical (unpaired) electrons. The number of morpholine rings is 1. The molecule has 1 fully saturated rings. The first kappa shape index (κ1) is 27.3. The molecule has 0 aliphatic carbocycles. The molecule has 10 heteroatoms. The summed E-state index contributed by atoms with van der Waals surface area (Å²) in [6.45, 7) is 12.1. The smallest absolute Gasteiger partial charge is 0.243 e. The Hall–Kier alpha value is -3.27. The van der Waals surface area contributed by atoms with Gasteiger partial charge in [0.15, 0.2) is 0 Å². The third-order valence-corrected chi connectivity index (χ3v) is 6.09. The van der Waals surface area contributed by atoms with Crippen molar-refractivity contribution < 1.29 is 23.1 Å². The first-order chi connectivity index (χ1) is 17.1. The van der Waals surface area contributed by atoms with E-state index in [-0.39, 0.29) is 36.4 Å². The summed E-state index contributed by atoms with van der Waals surface area (Å²) in [5, 5.41) is 5.64. The number of nitrogens with one attached hydrogen (secondary N) is 3. The van der Waals surface area contributed by atoms with Gasteiger partial charge in [-0.2, -0.15) is 0 Å². The lowest BCUT2D eigenvalue weighted by molar-refractivity contribution is -0.129. The van der Waals surface area contributed by atoms with Crippen molar-refractivity contribution in [2.75, 3.05) is 19.8 Å². The predicted molar refractivity (Wildman–Crippen MR) is 133 cm³/mol. The summed E-state index contributed by atoms with van der Waals surface area (Å²) in [4.78, 5) is 34.9. The maximum absolute atomic E-state index is 14.1. The lowest BCUT2D eigenvalue weighted by Gasteiger charge is -2.37. The molecule has 1 aromatic carbocycles. The molecule has 2 heterocycles. The van der Waals surface area contributed by atoms with E-state index >= 15 is 0 Å². The number of hydrogen-bond donors (Lipinski definition) is 3. The summed E-state index contributed by atoms with van der Waals surface area (Å²) in [6, 6.07) is 2.60. The molecule has 0 spiro atoms. The summed E-state index contributed by atoms with van der Waals surface area (Å²) >= 11 is 0. The Bertz CT molecular complexity index is 1070. The van der Waals surface area contributed by atoms with E-state index in [1.165, 1.54) is 12.3 Å². The molecule has 0 bridgehead atoms. The molecule has 0 saturated carbocycles. The highest BCUT2D eigenvalue weighted by Crippen LogP contribution is 2.22. The SMILES string of the molecule is C=C(C[C@H](NC(=O)CCC(C)C)C(=O)NCc1ncc(-c2ccc(F)cc2F)[nH]1)N1CCOC[C@@H]1C. The first-order valence-electron chi connectivity index (χ1n) is 12.2. The molecular weight excluding hydrogens is 468 g/mol. The number of rotatable bonds is 11. The number of imidazole rings is 1. The van der Waals surface area contributed by atoms with Crippen LogP contribution in [0.4, 0.5) is 8.78 Å². The summed E-state index contributed by atoms with van der Waals surface area (Å²) in [5.74, 6) is -1.19. The highest BCUT2D eigenvalue weighted by Gasteiger charge is 2.27. The maximum Gasteiger partial charge on any atom is 0.243 e. The quantitative estimate of drug-likeness (QED) is 0.436. The molecule has 3 N–H and O–H groups in total. The predicted octanol–water partition coefficient (Wildman–Crippen LogP) is 3.52. The lowest BCUT2D eigenvalue weighted by Crippen LogP contribution is -2.49. The number of aromatic nitrogens is 2. The van der Waals surface area contributed by atoms with Crippen LogP contribution in [0.2, 0.25) is 0 Å². The van der Waals surface area contributed by atoms with Gasteiger partial charge in [-0.3, -0.25) is 9.59 Å². The van der Waals surface area contributed by atoms with Crippen LogP contribution >= 0.6 is 0 Å². The summed E-state index contributed by atoms with van der Waals surface area (Å²) in [5.41, 5.74) is 1.29. The monoisotopic (exact) mass is 503 g/mol. The fourth-order valence-corrected chi connectivity index (χ4v) is 4.04. The van der Waals surface area contributed by atoms with Crippen LogP contribution in [-0.4, -0.2) is 58.5 Å². The average molecular weight is 504 g/mol. The number of amides is 2. The van der Waals surface area contributed by atoms with Gasteiger partial charge in [0.25, 0.3) is 0 Å². The Labute approximate surface area is 210 Å². The third-order valence-electron chi connectivity index (χ3n) is 6.09. The minimum Gasteiger partial charge on any atom is -0.377 e. The van der Waals surface area contributed by atoms with Crippen molar-refractivity contribution in [3.8, 4) is 11.3 Å². The van der Waals surface area contributed by atoms with E-state index in [1.54, 1.807) is 0 Å². The van der Waals surface area contributed by atoms with Gasteiger partial charge in [-0.25, -0.2) is 13.8 Å². The van der Waals surface area contributed by atoms with Crippen LogP contribution in [0.1, 0.15) is 45.9 Å². The number of carbonyl (C=O) groups excluding carboxylic acids is 2. The Morgan fingerprint density at radius 1 is 1.33 bits per heavy atom. The molecular formula is C26H35F2N5O3. The number of aromatic amines is 1. The zero-order valence-corrected chi connectivity index (χ0v) is 21.1. The van der Waals surface area contributed by atoms with E-state index in [4.69, 9.17) is 4.74 Å². The minimum absolute atomic E-state index is 0.0421. The molecule has 36 heavy (non-hydrogen) atoms. The topological polar surface area (TPSA) is 99.3 Å². The second-order valence-electron chi connectivity index (χ2n) is 9.53. The van der Waals surface area contributed by atoms with Crippen LogP contribution < -0.4 is 10.6 Å². The van der Waals surface area contributed by atoms with E-state index in [0.717, 1.165) is 24.3 Å². The van der Waals surface area contributed by atoms with Gasteiger partial charge >= 0.3 is 0 Å². The zero-order chi connectivity index (χ0) is 26.2. The van der Waals surface area contributed by atoms with Crippen molar-refractivity contribution in [3.63, 3.8) is 0 Å². The van der Waals surface area contributed by atoms with Crippen molar-refractivity contribution in [3.05, 3.63) is 54.1 Å². The Kier molecular flexibility index (Phi) is 9.58. The Morgan fingerprint density at radius 3 is 2.81 bits per heavy atom. The highest BCUT2D eigenvalue weighted by molar-refractivity contribution is 5.87. The van der Waals surface area contributed by atoms with Crippen LogP contribution in [0.15, 0.2) is 36.7 Å². The molecule has 1 aliphatic heterocycles. The molecule has 1 saturated heterocycles. The number of benzene rings is 1. The van der Waals surface area contributed by atoms with Crippen LogP contribution in [0.5, 0.6) is 0 Å². The van der Waals surface area contributed by atoms with E-state index in [9.17, 15) is 18.4 Å². The Morgan fingerprint density at radius 2 is 2.11 bits per heavy atom. The average Bonchev–Trinajstić information content (AvgIpc) is 3.29. The molecule has 3 rings (SSSR count). The van der Waals surface area contributed by atoms with Gasteiger partial charge in [-0.1, -0.05) is 20.4 Å². The standard InChI is InChI=1S/C26H35F2N5O3/c1-16(2)5-8-25(34)32-22(11-17(3)33-9-10-36-15-18(33)4)26(35)30-14-24-29-13-23(31-24)20-7-6-19(27)12-21(20)28/h6-7,12-13,16,18,22H,3,5,8-11,14-15H2,1-2,4H3,(H,29,31)(H,30,35)(H,32,34)/t18-,22-/m0/s1. The number of nitrogens with zero attached hydrogens (tertiary/aromatic N) is 2. The fraction of sp³-hybridized carbons (Fsp3) is 0.500. The van der Waals surface area contributed by atoms with Gasteiger partial charge in [0.2, 0.25) is 11.8 Å². The van der Waals surface area contributed by atoms with Crippen molar-refractivity contribution >= 4 is 11.8 Å². The van der Waals surface area contributed by atoms with Gasteiger partial charge in [-0.05, 0) is 31.4 Å². The maximum atomic E-state index is 14.1. The van der Waals surface area contributed by atoms with Crippen molar-refractivity contribution in [1.82, 2.24) is 25.5 Å². The second-order valence-corrected chi connectivity index (χ2v) is 9.53. The summed E-state index contributed by atoms with van der Waals surface area (Å²) < 4.78 is 32.8. The third kappa shape index (κ3) is 7.61. The van der Waals surface area contributed by atoms with E-state index < -0.39 is 17.7 Å². The molecule has 1 aromatic heterocycles. The lowest BCUT2D eigenvalue weighted by atomic mass is 10.1. The molecule has 8 nitrogen and oxygen atoms in total. The van der Waals surface area contributed by atoms with Gasteiger partial charge in [0.05, 0.1) is 31.6 Å². The van der Waals surface area contributed by atoms with Gasteiger partial charge < -0.3 is 25.3 Å². The van der Waals surface area contributed by atoms with Crippen LogP contribution in [0.25, 0.3) is 11.3 Å². The molecule has 0 unspecified atom stereocenters. The van der Waals surface area contributed by atoms with Crippen molar-refractivity contribution in [1.29, 1.82) is 0 Å². The molecule has 2 amide bonds. The molecule has 2 atom stereocenters. The largest absolute Gasteiger partial charge is 0.377 e. The second kappa shape index (κ2) is 12.6. The highest BCUT2D eigenvalue weighted by atomic mass is 19.1. The number of hydrogen-bond acceptors (Lipinski definition) is 5. The number of carbonyl (C=O) groups is 2. The number of halogens is 2. The summed E-state index contributed by atoms with van der Waals surface area (Å²) in [6.07, 6.45) is 2.72. The van der Waals surface area contributed by atoms with Gasteiger partial charge in [-0.15, -0.1) is 0 Å². The van der Waals surface area contributed by atoms with Crippen molar-refractivity contribution in [2.24, 2.45) is 5.92 Å². The van der Waals surface area contributed by atoms with Crippen LogP contribution in [-0.2, 0) is 20.9 Å². The van der Waals surface area contributed by atoms with Crippen molar-refractivity contribution in [2.45, 2.75) is 58.7 Å². The van der Waals surface area contributed by atoms with E-state index in [2.05, 4.69) is 32.1 Å². The van der Waals surface area contributed by atoms with E-state index in [0.29, 0.717) is 43.6 Å².